The normalized spacial score (nSPS) is 12.7. The molecule has 3 aromatic rings. The average Bonchev–Trinajstić information content (AvgIpc) is 2.96. The summed E-state index contributed by atoms with van der Waals surface area (Å²) in [6.07, 6.45) is 1.03. The Morgan fingerprint density at radius 1 is 0.950 bits per heavy atom. The molecule has 8 nitrogen and oxygen atoms in total. The number of hydrogen-bond donors (Lipinski definition) is 1. The number of para-hydroxylation sites is 1. The van der Waals surface area contributed by atoms with Gasteiger partial charge in [0.15, 0.2) is 0 Å². The number of rotatable bonds is 13. The first-order valence-electron chi connectivity index (χ1n) is 13.2. The van der Waals surface area contributed by atoms with Crippen molar-refractivity contribution in [3.8, 4) is 5.75 Å². The van der Waals surface area contributed by atoms with Crippen LogP contribution in [0.5, 0.6) is 5.75 Å². The van der Waals surface area contributed by atoms with Crippen LogP contribution in [0, 0.1) is 5.82 Å². The van der Waals surface area contributed by atoms with E-state index in [0.29, 0.717) is 18.6 Å². The van der Waals surface area contributed by atoms with Gasteiger partial charge in [-0.2, -0.15) is 0 Å². The van der Waals surface area contributed by atoms with E-state index in [2.05, 4.69) is 5.32 Å². The quantitative estimate of drug-likeness (QED) is 0.321. The van der Waals surface area contributed by atoms with Crippen molar-refractivity contribution in [3.63, 3.8) is 0 Å². The SMILES string of the molecule is CC[C@H](C)NC(=O)[C@H](CC)N(Cc1cccc(OC)c1)C(=O)CN(c1ccccc1)S(=O)(=O)c1ccc(F)cc1. The van der Waals surface area contributed by atoms with Crippen LogP contribution in [-0.2, 0) is 26.2 Å². The first-order valence-corrected chi connectivity index (χ1v) is 14.6. The molecule has 0 aromatic heterocycles. The lowest BCUT2D eigenvalue weighted by atomic mass is 10.1. The number of anilines is 1. The molecule has 2 atom stereocenters. The second-order valence-corrected chi connectivity index (χ2v) is 11.3. The van der Waals surface area contributed by atoms with Crippen LogP contribution in [0.3, 0.4) is 0 Å². The van der Waals surface area contributed by atoms with Crippen LogP contribution in [0.2, 0.25) is 0 Å². The maximum absolute atomic E-state index is 14.0. The van der Waals surface area contributed by atoms with Gasteiger partial charge in [-0.05, 0) is 73.9 Å². The van der Waals surface area contributed by atoms with Gasteiger partial charge in [-0.15, -0.1) is 0 Å². The van der Waals surface area contributed by atoms with E-state index >= 15 is 0 Å². The van der Waals surface area contributed by atoms with E-state index in [-0.39, 0.29) is 29.1 Å². The van der Waals surface area contributed by atoms with Crippen LogP contribution in [0.1, 0.15) is 39.2 Å². The third-order valence-corrected chi connectivity index (χ3v) is 8.39. The molecule has 0 fully saturated rings. The van der Waals surface area contributed by atoms with Crippen LogP contribution >= 0.6 is 0 Å². The first kappa shape index (κ1) is 30.6. The highest BCUT2D eigenvalue weighted by Gasteiger charge is 2.34. The standard InChI is InChI=1S/C30H36FN3O5S/c1-5-22(3)32-30(36)28(6-2)33(20-23-11-10-14-26(19-23)39-4)29(35)21-34(25-12-8-7-9-13-25)40(37,38)27-17-15-24(31)16-18-27/h7-19,22,28H,5-6,20-21H2,1-4H3,(H,32,36)/t22-,28-/m0/s1. The molecular weight excluding hydrogens is 533 g/mol. The fraction of sp³-hybridized carbons (Fsp3) is 0.333. The Morgan fingerprint density at radius 2 is 1.62 bits per heavy atom. The first-order chi connectivity index (χ1) is 19.1. The molecular formula is C30H36FN3O5S. The zero-order valence-electron chi connectivity index (χ0n) is 23.2. The van der Waals surface area contributed by atoms with E-state index in [1.54, 1.807) is 55.5 Å². The Morgan fingerprint density at radius 3 is 2.23 bits per heavy atom. The number of benzene rings is 3. The predicted octanol–water partition coefficient (Wildman–Crippen LogP) is 4.75. The van der Waals surface area contributed by atoms with E-state index < -0.39 is 34.3 Å². The number of hydrogen-bond acceptors (Lipinski definition) is 5. The van der Waals surface area contributed by atoms with Crippen molar-refractivity contribution in [3.05, 3.63) is 90.2 Å². The molecule has 0 saturated heterocycles. The molecule has 214 valence electrons. The van der Waals surface area contributed by atoms with Crippen molar-refractivity contribution >= 4 is 27.5 Å². The molecule has 0 heterocycles. The van der Waals surface area contributed by atoms with E-state index in [1.165, 1.54) is 12.0 Å². The lowest BCUT2D eigenvalue weighted by Crippen LogP contribution is -2.53. The number of ether oxygens (including phenoxy) is 1. The van der Waals surface area contributed by atoms with Gasteiger partial charge in [-0.1, -0.05) is 44.2 Å². The minimum atomic E-state index is -4.26. The van der Waals surface area contributed by atoms with Crippen molar-refractivity contribution < 1.29 is 27.1 Å². The molecule has 1 N–H and O–H groups in total. The van der Waals surface area contributed by atoms with E-state index in [1.807, 2.05) is 19.9 Å². The molecule has 40 heavy (non-hydrogen) atoms. The van der Waals surface area contributed by atoms with Crippen LogP contribution in [-0.4, -0.2) is 50.9 Å². The van der Waals surface area contributed by atoms with Gasteiger partial charge in [0.1, 0.15) is 24.2 Å². The minimum Gasteiger partial charge on any atom is -0.497 e. The molecule has 3 aromatic carbocycles. The number of amides is 2. The van der Waals surface area contributed by atoms with E-state index in [0.717, 1.165) is 34.1 Å². The van der Waals surface area contributed by atoms with Crippen molar-refractivity contribution in [1.29, 1.82) is 0 Å². The van der Waals surface area contributed by atoms with Crippen molar-refractivity contribution in [2.45, 2.75) is 57.1 Å². The second kappa shape index (κ2) is 13.9. The van der Waals surface area contributed by atoms with Crippen molar-refractivity contribution in [1.82, 2.24) is 10.2 Å². The van der Waals surface area contributed by atoms with Gasteiger partial charge in [0, 0.05) is 12.6 Å². The number of sulfonamides is 1. The molecule has 0 saturated carbocycles. The predicted molar refractivity (Wildman–Crippen MR) is 153 cm³/mol. The summed E-state index contributed by atoms with van der Waals surface area (Å²) in [6.45, 7) is 5.12. The van der Waals surface area contributed by atoms with Crippen LogP contribution in [0.25, 0.3) is 0 Å². The summed E-state index contributed by atoms with van der Waals surface area (Å²) in [4.78, 5) is 28.6. The van der Waals surface area contributed by atoms with Gasteiger partial charge in [-0.25, -0.2) is 12.8 Å². The smallest absolute Gasteiger partial charge is 0.264 e. The Bertz CT molecular complexity index is 1380. The summed E-state index contributed by atoms with van der Waals surface area (Å²) < 4.78 is 47.4. The Labute approximate surface area is 235 Å². The zero-order valence-corrected chi connectivity index (χ0v) is 24.0. The molecule has 0 spiro atoms. The second-order valence-electron chi connectivity index (χ2n) is 9.42. The van der Waals surface area contributed by atoms with Crippen LogP contribution in [0.4, 0.5) is 10.1 Å². The molecule has 0 aliphatic rings. The average molecular weight is 570 g/mol. The number of nitrogens with zero attached hydrogens (tertiary/aromatic N) is 2. The number of carbonyl (C=O) groups excluding carboxylic acids is 2. The highest BCUT2D eigenvalue weighted by Crippen LogP contribution is 2.25. The third-order valence-electron chi connectivity index (χ3n) is 6.60. The lowest BCUT2D eigenvalue weighted by molar-refractivity contribution is -0.140. The topological polar surface area (TPSA) is 96.0 Å². The van der Waals surface area contributed by atoms with Gasteiger partial charge in [0.25, 0.3) is 10.0 Å². The van der Waals surface area contributed by atoms with E-state index in [4.69, 9.17) is 4.74 Å². The molecule has 3 rings (SSSR count). The maximum atomic E-state index is 14.0. The summed E-state index contributed by atoms with van der Waals surface area (Å²) in [5, 5.41) is 2.95. The van der Waals surface area contributed by atoms with E-state index in [9.17, 15) is 22.4 Å². The van der Waals surface area contributed by atoms with Crippen LogP contribution in [0.15, 0.2) is 83.8 Å². The summed E-state index contributed by atoms with van der Waals surface area (Å²) in [5.41, 5.74) is 0.980. The molecule has 2 amide bonds. The highest BCUT2D eigenvalue weighted by atomic mass is 32.2. The molecule has 10 heteroatoms. The largest absolute Gasteiger partial charge is 0.497 e. The Hall–Kier alpha value is -3.92. The number of halogens is 1. The van der Waals surface area contributed by atoms with Crippen molar-refractivity contribution in [2.24, 2.45) is 0 Å². The fourth-order valence-corrected chi connectivity index (χ4v) is 5.60. The van der Waals surface area contributed by atoms with Crippen molar-refractivity contribution in [2.75, 3.05) is 18.0 Å². The number of methoxy groups -OCH3 is 1. The molecule has 0 bridgehead atoms. The summed E-state index contributed by atoms with van der Waals surface area (Å²) in [7, 11) is -2.72. The molecule has 0 aliphatic carbocycles. The molecule has 0 aliphatic heterocycles. The minimum absolute atomic E-state index is 0.0572. The Kier molecular flexibility index (Phi) is 10.7. The van der Waals surface area contributed by atoms with Crippen LogP contribution < -0.4 is 14.4 Å². The number of carbonyl (C=O) groups is 2. The lowest BCUT2D eigenvalue weighted by Gasteiger charge is -2.33. The Balaban J connectivity index is 2.04. The van der Waals surface area contributed by atoms with Gasteiger partial charge in [0.2, 0.25) is 11.8 Å². The fourth-order valence-electron chi connectivity index (χ4n) is 4.18. The van der Waals surface area contributed by atoms with Gasteiger partial charge in [-0.3, -0.25) is 13.9 Å². The molecule has 0 unspecified atom stereocenters. The summed E-state index contributed by atoms with van der Waals surface area (Å²) in [6, 6.07) is 18.8. The van der Waals surface area contributed by atoms with Gasteiger partial charge in [0.05, 0.1) is 17.7 Å². The zero-order chi connectivity index (χ0) is 29.3. The highest BCUT2D eigenvalue weighted by molar-refractivity contribution is 7.92. The third kappa shape index (κ3) is 7.59. The van der Waals surface area contributed by atoms with Gasteiger partial charge < -0.3 is 15.0 Å². The summed E-state index contributed by atoms with van der Waals surface area (Å²) >= 11 is 0. The summed E-state index contributed by atoms with van der Waals surface area (Å²) in [5.74, 6) is -0.875. The van der Waals surface area contributed by atoms with Gasteiger partial charge >= 0.3 is 0 Å². The maximum Gasteiger partial charge on any atom is 0.264 e. The number of nitrogens with one attached hydrogen (secondary N) is 1. The monoisotopic (exact) mass is 569 g/mol. The molecule has 0 radical (unpaired) electrons.